The summed E-state index contributed by atoms with van der Waals surface area (Å²) in [5.74, 6) is 4.80. The van der Waals surface area contributed by atoms with Crippen molar-refractivity contribution in [3.05, 3.63) is 0 Å². The molecule has 2 bridgehead atoms. The average molecular weight is 136 g/mol. The fourth-order valence-electron chi connectivity index (χ4n) is 4.02. The standard InChI is InChI=1S/C10H16/c1-2-9-7-4-5-8(6-7)10(9)3-1/h7-10H,1-6H2/t7-,8-,9+,10+/m0/s1. The SMILES string of the molecule is C1C[C@@H]2[C@H]3CC[C@@H](C3)[C@H]2C1. The van der Waals surface area contributed by atoms with Gasteiger partial charge in [0.15, 0.2) is 0 Å². The molecule has 0 aromatic rings. The van der Waals surface area contributed by atoms with E-state index in [0.717, 1.165) is 0 Å². The van der Waals surface area contributed by atoms with E-state index in [1.807, 2.05) is 0 Å². The zero-order chi connectivity index (χ0) is 6.55. The first-order chi connectivity index (χ1) is 4.95. The third kappa shape index (κ3) is 0.538. The van der Waals surface area contributed by atoms with Crippen molar-refractivity contribution in [2.45, 2.75) is 38.5 Å². The molecule has 0 nitrogen and oxygen atoms in total. The van der Waals surface area contributed by atoms with Crippen molar-refractivity contribution in [2.24, 2.45) is 23.7 Å². The Morgan fingerprint density at radius 2 is 1.30 bits per heavy atom. The molecule has 0 unspecified atom stereocenters. The molecule has 0 aliphatic heterocycles. The van der Waals surface area contributed by atoms with Crippen LogP contribution in [0.15, 0.2) is 0 Å². The molecule has 56 valence electrons. The molecule has 0 spiro atoms. The molecule has 0 heterocycles. The Morgan fingerprint density at radius 1 is 0.700 bits per heavy atom. The molecule has 0 amide bonds. The van der Waals surface area contributed by atoms with Crippen LogP contribution in [0.2, 0.25) is 0 Å². The lowest BCUT2D eigenvalue weighted by atomic mass is 9.82. The third-order valence-corrected chi connectivity index (χ3v) is 4.35. The van der Waals surface area contributed by atoms with Crippen LogP contribution in [-0.2, 0) is 0 Å². The first-order valence-electron chi connectivity index (χ1n) is 4.95. The van der Waals surface area contributed by atoms with E-state index in [1.54, 1.807) is 38.5 Å². The topological polar surface area (TPSA) is 0 Å². The van der Waals surface area contributed by atoms with Crippen LogP contribution in [0.3, 0.4) is 0 Å². The Kier molecular flexibility index (Phi) is 1.00. The second-order valence-corrected chi connectivity index (χ2v) is 4.59. The van der Waals surface area contributed by atoms with Gasteiger partial charge in [0.2, 0.25) is 0 Å². The van der Waals surface area contributed by atoms with Crippen LogP contribution in [0.5, 0.6) is 0 Å². The largest absolute Gasteiger partial charge is 0.0527 e. The minimum Gasteiger partial charge on any atom is -0.0527 e. The van der Waals surface area contributed by atoms with Gasteiger partial charge in [-0.1, -0.05) is 6.42 Å². The van der Waals surface area contributed by atoms with Crippen molar-refractivity contribution in [1.29, 1.82) is 0 Å². The van der Waals surface area contributed by atoms with Crippen molar-refractivity contribution >= 4 is 0 Å². The second-order valence-electron chi connectivity index (χ2n) is 4.59. The maximum absolute atomic E-state index is 1.62. The summed E-state index contributed by atoms with van der Waals surface area (Å²) in [6, 6.07) is 0. The Balaban J connectivity index is 1.92. The summed E-state index contributed by atoms with van der Waals surface area (Å²) >= 11 is 0. The zero-order valence-electron chi connectivity index (χ0n) is 6.55. The first kappa shape index (κ1) is 5.62. The lowest BCUT2D eigenvalue weighted by Crippen LogP contribution is -2.15. The zero-order valence-corrected chi connectivity index (χ0v) is 6.55. The van der Waals surface area contributed by atoms with Gasteiger partial charge in [0.05, 0.1) is 0 Å². The summed E-state index contributed by atoms with van der Waals surface area (Å²) in [4.78, 5) is 0. The van der Waals surface area contributed by atoms with Crippen molar-refractivity contribution < 1.29 is 0 Å². The molecule has 0 saturated heterocycles. The van der Waals surface area contributed by atoms with Crippen LogP contribution < -0.4 is 0 Å². The van der Waals surface area contributed by atoms with Crippen molar-refractivity contribution in [2.75, 3.05) is 0 Å². The fraction of sp³-hybridized carbons (Fsp3) is 1.00. The second kappa shape index (κ2) is 1.78. The number of fused-ring (bicyclic) bond motifs is 5. The molecule has 0 aromatic heterocycles. The van der Waals surface area contributed by atoms with Gasteiger partial charge in [0.1, 0.15) is 0 Å². The van der Waals surface area contributed by atoms with Gasteiger partial charge in [-0.2, -0.15) is 0 Å². The smallest absolute Gasteiger partial charge is 0.0355 e. The lowest BCUT2D eigenvalue weighted by Gasteiger charge is -2.23. The molecule has 10 heavy (non-hydrogen) atoms. The van der Waals surface area contributed by atoms with Gasteiger partial charge in [-0.3, -0.25) is 0 Å². The first-order valence-corrected chi connectivity index (χ1v) is 4.95. The van der Waals surface area contributed by atoms with Crippen molar-refractivity contribution in [3.63, 3.8) is 0 Å². The van der Waals surface area contributed by atoms with Crippen LogP contribution in [-0.4, -0.2) is 0 Å². The van der Waals surface area contributed by atoms with Gasteiger partial charge in [0.25, 0.3) is 0 Å². The van der Waals surface area contributed by atoms with E-state index in [4.69, 9.17) is 0 Å². The Morgan fingerprint density at radius 3 is 1.90 bits per heavy atom. The van der Waals surface area contributed by atoms with Crippen LogP contribution >= 0.6 is 0 Å². The summed E-state index contributed by atoms with van der Waals surface area (Å²) in [6.45, 7) is 0. The molecule has 3 aliphatic rings. The van der Waals surface area contributed by atoms with Crippen LogP contribution in [0.25, 0.3) is 0 Å². The number of hydrogen-bond acceptors (Lipinski definition) is 0. The highest BCUT2D eigenvalue weighted by Crippen LogP contribution is 2.58. The van der Waals surface area contributed by atoms with E-state index in [2.05, 4.69) is 0 Å². The minimum absolute atomic E-state index is 1.19. The number of rotatable bonds is 0. The molecular formula is C10H16. The Hall–Kier alpha value is 0. The van der Waals surface area contributed by atoms with Crippen LogP contribution in [0.1, 0.15) is 38.5 Å². The summed E-state index contributed by atoms with van der Waals surface area (Å²) in [5.41, 5.74) is 0. The normalized spacial score (nSPS) is 57.6. The van der Waals surface area contributed by atoms with Crippen LogP contribution in [0, 0.1) is 23.7 Å². The lowest BCUT2D eigenvalue weighted by molar-refractivity contribution is 0.259. The molecule has 3 aliphatic carbocycles. The molecule has 0 heteroatoms. The highest BCUT2D eigenvalue weighted by molar-refractivity contribution is 4.98. The van der Waals surface area contributed by atoms with Gasteiger partial charge >= 0.3 is 0 Å². The maximum atomic E-state index is 1.62. The van der Waals surface area contributed by atoms with E-state index in [-0.39, 0.29) is 0 Å². The van der Waals surface area contributed by atoms with E-state index < -0.39 is 0 Å². The van der Waals surface area contributed by atoms with Gasteiger partial charge in [-0.25, -0.2) is 0 Å². The van der Waals surface area contributed by atoms with E-state index in [0.29, 0.717) is 0 Å². The highest BCUT2D eigenvalue weighted by Gasteiger charge is 2.48. The van der Waals surface area contributed by atoms with E-state index in [9.17, 15) is 0 Å². The highest BCUT2D eigenvalue weighted by atomic mass is 14.5. The van der Waals surface area contributed by atoms with E-state index >= 15 is 0 Å². The summed E-state index contributed by atoms with van der Waals surface area (Å²) in [5, 5.41) is 0. The molecule has 3 fully saturated rings. The molecule has 4 atom stereocenters. The predicted octanol–water partition coefficient (Wildman–Crippen LogP) is 2.83. The molecule has 0 N–H and O–H groups in total. The maximum Gasteiger partial charge on any atom is -0.0355 e. The number of hydrogen-bond donors (Lipinski definition) is 0. The molecule has 3 saturated carbocycles. The summed E-state index contributed by atoms with van der Waals surface area (Å²) < 4.78 is 0. The monoisotopic (exact) mass is 136 g/mol. The molecule has 3 rings (SSSR count). The summed E-state index contributed by atoms with van der Waals surface area (Å²) in [6.07, 6.45) is 9.53. The summed E-state index contributed by atoms with van der Waals surface area (Å²) in [7, 11) is 0. The van der Waals surface area contributed by atoms with E-state index in [1.165, 1.54) is 23.7 Å². The molecule has 0 aromatic carbocycles. The van der Waals surface area contributed by atoms with Crippen molar-refractivity contribution in [3.8, 4) is 0 Å². The Bertz CT molecular complexity index is 134. The average Bonchev–Trinajstić information content (AvgIpc) is 2.60. The fourth-order valence-corrected chi connectivity index (χ4v) is 4.02. The van der Waals surface area contributed by atoms with Crippen LogP contribution in [0.4, 0.5) is 0 Å². The third-order valence-electron chi connectivity index (χ3n) is 4.35. The molecule has 0 radical (unpaired) electrons. The van der Waals surface area contributed by atoms with Crippen molar-refractivity contribution in [1.82, 2.24) is 0 Å². The predicted molar refractivity (Wildman–Crippen MR) is 41.7 cm³/mol. The van der Waals surface area contributed by atoms with Gasteiger partial charge in [0, 0.05) is 0 Å². The van der Waals surface area contributed by atoms with Gasteiger partial charge in [-0.15, -0.1) is 0 Å². The Labute approximate surface area is 63.0 Å². The van der Waals surface area contributed by atoms with Gasteiger partial charge in [-0.05, 0) is 55.8 Å². The quantitative estimate of drug-likeness (QED) is 0.480. The minimum atomic E-state index is 1.19. The molecular weight excluding hydrogens is 120 g/mol. The van der Waals surface area contributed by atoms with Gasteiger partial charge < -0.3 is 0 Å².